The zero-order valence-corrected chi connectivity index (χ0v) is 10.5. The molecule has 2 aromatic rings. The van der Waals surface area contributed by atoms with Gasteiger partial charge in [0.05, 0.1) is 4.92 Å². The maximum absolute atomic E-state index is 10.5. The van der Waals surface area contributed by atoms with Gasteiger partial charge in [0, 0.05) is 12.6 Å². The van der Waals surface area contributed by atoms with Crippen LogP contribution in [-0.2, 0) is 6.42 Å². The molecule has 19 heavy (non-hydrogen) atoms. The lowest BCUT2D eigenvalue weighted by atomic mass is 10.1. The third kappa shape index (κ3) is 4.06. The van der Waals surface area contributed by atoms with Crippen molar-refractivity contribution in [2.75, 3.05) is 11.9 Å². The molecule has 98 valence electrons. The summed E-state index contributed by atoms with van der Waals surface area (Å²) in [5, 5.41) is 13.6. The van der Waals surface area contributed by atoms with Crippen LogP contribution in [0.1, 0.15) is 12.0 Å². The Bertz CT molecular complexity index is 526. The normalized spacial score (nSPS) is 10.1. The summed E-state index contributed by atoms with van der Waals surface area (Å²) in [4.78, 5) is 14.0. The van der Waals surface area contributed by atoms with Crippen LogP contribution in [0, 0.1) is 10.1 Å². The molecule has 0 spiro atoms. The first-order valence-corrected chi connectivity index (χ1v) is 6.14. The molecule has 0 aliphatic carbocycles. The van der Waals surface area contributed by atoms with Gasteiger partial charge in [0.25, 0.3) is 5.69 Å². The van der Waals surface area contributed by atoms with Gasteiger partial charge < -0.3 is 5.32 Å². The number of nitrogens with one attached hydrogen (secondary N) is 1. The van der Waals surface area contributed by atoms with Gasteiger partial charge in [0.1, 0.15) is 12.0 Å². The van der Waals surface area contributed by atoms with Gasteiger partial charge in [0.2, 0.25) is 0 Å². The van der Waals surface area contributed by atoms with E-state index in [0.29, 0.717) is 5.82 Å². The van der Waals surface area contributed by atoms with Gasteiger partial charge in [-0.1, -0.05) is 30.3 Å². The molecule has 5 heteroatoms. The average molecular weight is 257 g/mol. The molecule has 0 unspecified atom stereocenters. The lowest BCUT2D eigenvalue weighted by molar-refractivity contribution is -0.385. The second-order valence-corrected chi connectivity index (χ2v) is 4.17. The van der Waals surface area contributed by atoms with Crippen molar-refractivity contribution in [3.63, 3.8) is 0 Å². The summed E-state index contributed by atoms with van der Waals surface area (Å²) in [5.74, 6) is 0.665. The Morgan fingerprint density at radius 3 is 2.58 bits per heavy atom. The second kappa shape index (κ2) is 6.49. The lowest BCUT2D eigenvalue weighted by Crippen LogP contribution is -2.04. The van der Waals surface area contributed by atoms with Crippen LogP contribution in [0.15, 0.2) is 48.7 Å². The number of anilines is 1. The number of pyridine rings is 1. The zero-order valence-electron chi connectivity index (χ0n) is 10.5. The van der Waals surface area contributed by atoms with Crippen molar-refractivity contribution < 1.29 is 4.92 Å². The molecule has 0 atom stereocenters. The summed E-state index contributed by atoms with van der Waals surface area (Å²) in [7, 11) is 0. The fraction of sp³-hybridized carbons (Fsp3) is 0.214. The van der Waals surface area contributed by atoms with E-state index in [0.717, 1.165) is 19.4 Å². The first kappa shape index (κ1) is 13.0. The van der Waals surface area contributed by atoms with Crippen LogP contribution in [0.4, 0.5) is 11.5 Å². The minimum Gasteiger partial charge on any atom is -0.370 e. The Morgan fingerprint density at radius 2 is 1.95 bits per heavy atom. The molecule has 1 aromatic carbocycles. The number of benzene rings is 1. The number of hydrogen-bond donors (Lipinski definition) is 1. The highest BCUT2D eigenvalue weighted by Crippen LogP contribution is 2.11. The van der Waals surface area contributed by atoms with Gasteiger partial charge in [-0.2, -0.15) is 0 Å². The van der Waals surface area contributed by atoms with Crippen LogP contribution in [0.2, 0.25) is 0 Å². The molecule has 0 aliphatic rings. The Kier molecular flexibility index (Phi) is 4.44. The molecule has 5 nitrogen and oxygen atoms in total. The van der Waals surface area contributed by atoms with Crippen molar-refractivity contribution in [1.82, 2.24) is 4.98 Å². The van der Waals surface area contributed by atoms with E-state index in [-0.39, 0.29) is 5.69 Å². The third-order valence-electron chi connectivity index (χ3n) is 2.75. The van der Waals surface area contributed by atoms with E-state index >= 15 is 0 Å². The molecule has 0 radical (unpaired) electrons. The monoisotopic (exact) mass is 257 g/mol. The minimum atomic E-state index is -0.452. The molecule has 1 aromatic heterocycles. The van der Waals surface area contributed by atoms with E-state index in [1.54, 1.807) is 6.07 Å². The van der Waals surface area contributed by atoms with E-state index in [2.05, 4.69) is 22.4 Å². The number of rotatable bonds is 6. The smallest absolute Gasteiger partial charge is 0.287 e. The Morgan fingerprint density at radius 1 is 1.16 bits per heavy atom. The average Bonchev–Trinajstić information content (AvgIpc) is 2.45. The van der Waals surface area contributed by atoms with Crippen LogP contribution in [0.5, 0.6) is 0 Å². The van der Waals surface area contributed by atoms with E-state index < -0.39 is 4.92 Å². The van der Waals surface area contributed by atoms with Crippen molar-refractivity contribution >= 4 is 11.5 Å². The maximum Gasteiger partial charge on any atom is 0.287 e. The summed E-state index contributed by atoms with van der Waals surface area (Å²) < 4.78 is 0. The topological polar surface area (TPSA) is 68.1 Å². The highest BCUT2D eigenvalue weighted by atomic mass is 16.6. The first-order valence-electron chi connectivity index (χ1n) is 6.14. The molecular weight excluding hydrogens is 242 g/mol. The van der Waals surface area contributed by atoms with Gasteiger partial charge >= 0.3 is 0 Å². The van der Waals surface area contributed by atoms with E-state index in [9.17, 15) is 10.1 Å². The highest BCUT2D eigenvalue weighted by molar-refractivity contribution is 5.39. The third-order valence-corrected chi connectivity index (χ3v) is 2.75. The number of aryl methyl sites for hydroxylation is 1. The molecule has 0 saturated heterocycles. The van der Waals surface area contributed by atoms with Gasteiger partial charge in [-0.05, 0) is 24.5 Å². The number of hydrogen-bond acceptors (Lipinski definition) is 4. The molecule has 0 bridgehead atoms. The van der Waals surface area contributed by atoms with Gasteiger partial charge in [-0.15, -0.1) is 0 Å². The molecule has 0 amide bonds. The fourth-order valence-electron chi connectivity index (χ4n) is 1.75. The number of aromatic nitrogens is 1. The summed E-state index contributed by atoms with van der Waals surface area (Å²) in [5.41, 5.74) is 1.32. The van der Waals surface area contributed by atoms with Gasteiger partial charge in [0.15, 0.2) is 0 Å². The van der Waals surface area contributed by atoms with Gasteiger partial charge in [-0.3, -0.25) is 10.1 Å². The SMILES string of the molecule is O=[N+]([O-])c1ccc(NCCCc2ccccc2)nc1. The Balaban J connectivity index is 1.75. The summed E-state index contributed by atoms with van der Waals surface area (Å²) in [6, 6.07) is 13.3. The summed E-state index contributed by atoms with van der Waals surface area (Å²) in [6.07, 6.45) is 3.25. The largest absolute Gasteiger partial charge is 0.370 e. The summed E-state index contributed by atoms with van der Waals surface area (Å²) in [6.45, 7) is 0.791. The Labute approximate surface area is 111 Å². The van der Waals surface area contributed by atoms with Gasteiger partial charge in [-0.25, -0.2) is 4.98 Å². The van der Waals surface area contributed by atoms with E-state index in [1.807, 2.05) is 18.2 Å². The minimum absolute atomic E-state index is 0.00911. The molecule has 2 rings (SSSR count). The number of nitro groups is 1. The lowest BCUT2D eigenvalue weighted by Gasteiger charge is -2.05. The standard InChI is InChI=1S/C14H15N3O2/c18-17(19)13-8-9-14(16-11-13)15-10-4-7-12-5-2-1-3-6-12/h1-3,5-6,8-9,11H,4,7,10H2,(H,15,16). The van der Waals surface area contributed by atoms with Crippen molar-refractivity contribution in [1.29, 1.82) is 0 Å². The molecular formula is C14H15N3O2. The molecule has 1 heterocycles. The Hall–Kier alpha value is -2.43. The summed E-state index contributed by atoms with van der Waals surface area (Å²) >= 11 is 0. The second-order valence-electron chi connectivity index (χ2n) is 4.17. The molecule has 0 aliphatic heterocycles. The first-order chi connectivity index (χ1) is 9.25. The van der Waals surface area contributed by atoms with Crippen molar-refractivity contribution in [3.05, 3.63) is 64.3 Å². The van der Waals surface area contributed by atoms with E-state index in [4.69, 9.17) is 0 Å². The van der Waals surface area contributed by atoms with Crippen LogP contribution in [-0.4, -0.2) is 16.5 Å². The predicted molar refractivity (Wildman–Crippen MR) is 74.1 cm³/mol. The van der Waals surface area contributed by atoms with Crippen LogP contribution in [0.3, 0.4) is 0 Å². The maximum atomic E-state index is 10.5. The molecule has 0 fully saturated rings. The highest BCUT2D eigenvalue weighted by Gasteiger charge is 2.04. The molecule has 1 N–H and O–H groups in total. The zero-order chi connectivity index (χ0) is 13.5. The predicted octanol–water partition coefficient (Wildman–Crippen LogP) is 3.03. The molecule has 0 saturated carbocycles. The van der Waals surface area contributed by atoms with Crippen molar-refractivity contribution in [2.45, 2.75) is 12.8 Å². The van der Waals surface area contributed by atoms with Crippen LogP contribution < -0.4 is 5.32 Å². The fourth-order valence-corrected chi connectivity index (χ4v) is 1.75. The van der Waals surface area contributed by atoms with Crippen molar-refractivity contribution in [3.8, 4) is 0 Å². The quantitative estimate of drug-likeness (QED) is 0.490. The van der Waals surface area contributed by atoms with Crippen molar-refractivity contribution in [2.24, 2.45) is 0 Å². The number of nitrogens with zero attached hydrogens (tertiary/aromatic N) is 2. The van der Waals surface area contributed by atoms with E-state index in [1.165, 1.54) is 17.8 Å². The van der Waals surface area contributed by atoms with Crippen LogP contribution in [0.25, 0.3) is 0 Å². The van der Waals surface area contributed by atoms with Crippen LogP contribution >= 0.6 is 0 Å².